The molecule has 0 bridgehead atoms. The average molecular weight is 233 g/mol. The van der Waals surface area contributed by atoms with Gasteiger partial charge in [-0.3, -0.25) is 0 Å². The largest absolute Gasteiger partial charge is 0.508 e. The first-order valence-corrected chi connectivity index (χ1v) is 6.24. The van der Waals surface area contributed by atoms with E-state index in [9.17, 15) is 5.11 Å². The second kappa shape index (κ2) is 5.14. The predicted molar refractivity (Wildman–Crippen MR) is 67.7 cm³/mol. The lowest BCUT2D eigenvalue weighted by atomic mass is 10.1. The van der Waals surface area contributed by atoms with E-state index in [1.165, 1.54) is 5.56 Å². The third-order valence-electron chi connectivity index (χ3n) is 2.63. The Balaban J connectivity index is 1.95. The quantitative estimate of drug-likeness (QED) is 0.849. The van der Waals surface area contributed by atoms with Crippen LogP contribution >= 0.6 is 11.3 Å². The van der Waals surface area contributed by atoms with Crippen LogP contribution in [-0.4, -0.2) is 5.11 Å². The fraction of sp³-hybridized carbons (Fsp3) is 0.231. The van der Waals surface area contributed by atoms with Crippen LogP contribution < -0.4 is 5.32 Å². The summed E-state index contributed by atoms with van der Waals surface area (Å²) in [7, 11) is 0. The molecule has 0 spiro atoms. The molecule has 0 fully saturated rings. The van der Waals surface area contributed by atoms with E-state index in [1.54, 1.807) is 17.4 Å². The van der Waals surface area contributed by atoms with Crippen LogP contribution in [0, 0.1) is 0 Å². The summed E-state index contributed by atoms with van der Waals surface area (Å²) < 4.78 is 0. The number of aromatic hydroxyl groups is 1. The maximum Gasteiger partial charge on any atom is 0.120 e. The molecule has 2 N–H and O–H groups in total. The first kappa shape index (κ1) is 11.2. The van der Waals surface area contributed by atoms with Gasteiger partial charge < -0.3 is 10.4 Å². The third kappa shape index (κ3) is 2.62. The fourth-order valence-corrected chi connectivity index (χ4v) is 2.32. The van der Waals surface area contributed by atoms with Gasteiger partial charge in [-0.25, -0.2) is 0 Å². The first-order chi connectivity index (χ1) is 7.77. The molecule has 1 unspecified atom stereocenters. The SMILES string of the molecule is CC(NCc1ccccc1O)c1ccsc1. The van der Waals surface area contributed by atoms with E-state index in [1.807, 2.05) is 18.2 Å². The van der Waals surface area contributed by atoms with Crippen molar-refractivity contribution in [1.29, 1.82) is 0 Å². The lowest BCUT2D eigenvalue weighted by Gasteiger charge is -2.13. The van der Waals surface area contributed by atoms with Gasteiger partial charge in [0.05, 0.1) is 0 Å². The van der Waals surface area contributed by atoms with Crippen molar-refractivity contribution in [3.05, 3.63) is 52.2 Å². The van der Waals surface area contributed by atoms with Crippen molar-refractivity contribution in [3.8, 4) is 5.75 Å². The molecule has 0 aliphatic rings. The molecule has 2 nitrogen and oxygen atoms in total. The van der Waals surface area contributed by atoms with Gasteiger partial charge in [0.1, 0.15) is 5.75 Å². The molecule has 16 heavy (non-hydrogen) atoms. The van der Waals surface area contributed by atoms with E-state index in [0.29, 0.717) is 18.3 Å². The van der Waals surface area contributed by atoms with Gasteiger partial charge in [-0.2, -0.15) is 11.3 Å². The van der Waals surface area contributed by atoms with E-state index in [0.717, 1.165) is 5.56 Å². The van der Waals surface area contributed by atoms with E-state index in [4.69, 9.17) is 0 Å². The monoisotopic (exact) mass is 233 g/mol. The molecule has 0 aliphatic carbocycles. The number of nitrogens with one attached hydrogen (secondary N) is 1. The number of phenols is 1. The van der Waals surface area contributed by atoms with Gasteiger partial charge in [0, 0.05) is 18.2 Å². The van der Waals surface area contributed by atoms with E-state index in [-0.39, 0.29) is 0 Å². The molecule has 0 saturated carbocycles. The molecule has 2 rings (SSSR count). The average Bonchev–Trinajstić information content (AvgIpc) is 2.81. The Morgan fingerprint density at radius 3 is 2.81 bits per heavy atom. The van der Waals surface area contributed by atoms with Crippen molar-refractivity contribution in [2.75, 3.05) is 0 Å². The van der Waals surface area contributed by atoms with E-state index in [2.05, 4.69) is 29.1 Å². The van der Waals surface area contributed by atoms with Crippen LogP contribution in [0.25, 0.3) is 0 Å². The van der Waals surface area contributed by atoms with Crippen molar-refractivity contribution < 1.29 is 5.11 Å². The summed E-state index contributed by atoms with van der Waals surface area (Å²) >= 11 is 1.70. The highest BCUT2D eigenvalue weighted by atomic mass is 32.1. The third-order valence-corrected chi connectivity index (χ3v) is 3.33. The summed E-state index contributed by atoms with van der Waals surface area (Å²) in [6, 6.07) is 9.85. The van der Waals surface area contributed by atoms with Gasteiger partial charge in [-0.1, -0.05) is 18.2 Å². The Labute approximate surface area is 99.6 Å². The van der Waals surface area contributed by atoms with Crippen LogP contribution in [0.2, 0.25) is 0 Å². The van der Waals surface area contributed by atoms with Crippen molar-refractivity contribution in [2.45, 2.75) is 19.5 Å². The highest BCUT2D eigenvalue weighted by Crippen LogP contribution is 2.19. The number of hydrogen-bond donors (Lipinski definition) is 2. The van der Waals surface area contributed by atoms with E-state index < -0.39 is 0 Å². The zero-order valence-electron chi connectivity index (χ0n) is 9.18. The van der Waals surface area contributed by atoms with Gasteiger partial charge >= 0.3 is 0 Å². The summed E-state index contributed by atoms with van der Waals surface area (Å²) in [5, 5.41) is 17.2. The minimum absolute atomic E-state index is 0.311. The number of para-hydroxylation sites is 1. The molecular weight excluding hydrogens is 218 g/mol. The zero-order chi connectivity index (χ0) is 11.4. The van der Waals surface area contributed by atoms with Gasteiger partial charge in [-0.15, -0.1) is 0 Å². The lowest BCUT2D eigenvalue weighted by Crippen LogP contribution is -2.17. The van der Waals surface area contributed by atoms with Crippen molar-refractivity contribution in [2.24, 2.45) is 0 Å². The molecule has 2 aromatic rings. The second-order valence-electron chi connectivity index (χ2n) is 3.79. The van der Waals surface area contributed by atoms with Crippen molar-refractivity contribution in [3.63, 3.8) is 0 Å². The summed E-state index contributed by atoms with van der Waals surface area (Å²) in [5.41, 5.74) is 2.23. The highest BCUT2D eigenvalue weighted by Gasteiger charge is 2.06. The van der Waals surface area contributed by atoms with Crippen molar-refractivity contribution >= 4 is 11.3 Å². The minimum atomic E-state index is 0.311. The van der Waals surface area contributed by atoms with Gasteiger partial charge in [0.2, 0.25) is 0 Å². The summed E-state index contributed by atoms with van der Waals surface area (Å²) in [4.78, 5) is 0. The van der Waals surface area contributed by atoms with Crippen LogP contribution in [0.3, 0.4) is 0 Å². The van der Waals surface area contributed by atoms with Gasteiger partial charge in [0.15, 0.2) is 0 Å². The number of thiophene rings is 1. The Morgan fingerprint density at radius 2 is 2.12 bits per heavy atom. The maximum atomic E-state index is 9.62. The van der Waals surface area contributed by atoms with Gasteiger partial charge in [0.25, 0.3) is 0 Å². The number of hydrogen-bond acceptors (Lipinski definition) is 3. The molecule has 3 heteroatoms. The van der Waals surface area contributed by atoms with Gasteiger partial charge in [-0.05, 0) is 35.4 Å². The van der Waals surface area contributed by atoms with Crippen LogP contribution in [0.5, 0.6) is 5.75 Å². The second-order valence-corrected chi connectivity index (χ2v) is 4.57. The van der Waals surface area contributed by atoms with Crippen LogP contribution in [0.15, 0.2) is 41.1 Å². The predicted octanol–water partition coefficient (Wildman–Crippen LogP) is 3.30. The molecule has 1 aromatic heterocycles. The highest BCUT2D eigenvalue weighted by molar-refractivity contribution is 7.07. The summed E-state index contributed by atoms with van der Waals surface area (Å²) in [5.74, 6) is 0.354. The minimum Gasteiger partial charge on any atom is -0.508 e. The smallest absolute Gasteiger partial charge is 0.120 e. The number of benzene rings is 1. The molecule has 0 aliphatic heterocycles. The Hall–Kier alpha value is -1.32. The summed E-state index contributed by atoms with van der Waals surface area (Å²) in [6.45, 7) is 2.81. The molecule has 0 saturated heterocycles. The maximum absolute atomic E-state index is 9.62. The molecule has 0 amide bonds. The Morgan fingerprint density at radius 1 is 1.31 bits per heavy atom. The Bertz CT molecular complexity index is 439. The van der Waals surface area contributed by atoms with Crippen LogP contribution in [-0.2, 0) is 6.54 Å². The number of rotatable bonds is 4. The molecule has 84 valence electrons. The van der Waals surface area contributed by atoms with Crippen LogP contribution in [0.1, 0.15) is 24.1 Å². The summed E-state index contributed by atoms with van der Waals surface area (Å²) in [6.07, 6.45) is 0. The Kier molecular flexibility index (Phi) is 3.59. The van der Waals surface area contributed by atoms with E-state index >= 15 is 0 Å². The van der Waals surface area contributed by atoms with Crippen molar-refractivity contribution in [1.82, 2.24) is 5.32 Å². The first-order valence-electron chi connectivity index (χ1n) is 5.29. The molecule has 1 atom stereocenters. The molecule has 1 heterocycles. The standard InChI is InChI=1S/C13H15NOS/c1-10(12-6-7-16-9-12)14-8-11-4-2-3-5-13(11)15/h2-7,9-10,14-15H,8H2,1H3. The zero-order valence-corrected chi connectivity index (χ0v) is 10.00. The fourth-order valence-electron chi connectivity index (χ4n) is 1.56. The topological polar surface area (TPSA) is 32.3 Å². The molecule has 1 aromatic carbocycles. The molecule has 0 radical (unpaired) electrons. The lowest BCUT2D eigenvalue weighted by molar-refractivity contribution is 0.460. The molecular formula is C13H15NOS. The normalized spacial score (nSPS) is 12.6. The van der Waals surface area contributed by atoms with Crippen LogP contribution in [0.4, 0.5) is 0 Å². The number of phenolic OH excluding ortho intramolecular Hbond substituents is 1.